The Labute approximate surface area is 155 Å². The Morgan fingerprint density at radius 2 is 1.68 bits per heavy atom. The topological polar surface area (TPSA) is 17.1 Å². The molecule has 4 aliphatic carbocycles. The molecule has 0 aliphatic heterocycles. The number of aldehydes is 1. The molecular formula is C24H40O. The van der Waals surface area contributed by atoms with Crippen molar-refractivity contribution in [2.24, 2.45) is 39.9 Å². The van der Waals surface area contributed by atoms with Crippen molar-refractivity contribution in [1.82, 2.24) is 0 Å². The van der Waals surface area contributed by atoms with Crippen molar-refractivity contribution in [1.29, 1.82) is 0 Å². The predicted octanol–water partition coefficient (Wildman–Crippen LogP) is 6.79. The van der Waals surface area contributed by atoms with E-state index in [4.69, 9.17) is 0 Å². The second-order valence-electron chi connectivity index (χ2n) is 11.0. The largest absolute Gasteiger partial charge is 0.303 e. The van der Waals surface area contributed by atoms with Crippen LogP contribution in [0.25, 0.3) is 0 Å². The lowest BCUT2D eigenvalue weighted by Crippen LogP contribution is -2.56. The van der Waals surface area contributed by atoms with Gasteiger partial charge in [0.25, 0.3) is 0 Å². The molecule has 0 amide bonds. The van der Waals surface area contributed by atoms with Crippen LogP contribution in [-0.4, -0.2) is 6.29 Å². The molecule has 0 aromatic carbocycles. The van der Waals surface area contributed by atoms with Gasteiger partial charge in [-0.05, 0) is 104 Å². The normalized spacial score (nSPS) is 52.1. The first-order valence-corrected chi connectivity index (χ1v) is 11.4. The summed E-state index contributed by atoms with van der Waals surface area (Å²) in [5, 5.41) is 0. The van der Waals surface area contributed by atoms with Crippen molar-refractivity contribution in [3.8, 4) is 0 Å². The molecular weight excluding hydrogens is 304 g/mol. The summed E-state index contributed by atoms with van der Waals surface area (Å²) < 4.78 is 0. The van der Waals surface area contributed by atoms with Gasteiger partial charge >= 0.3 is 0 Å². The van der Waals surface area contributed by atoms with Crippen LogP contribution < -0.4 is 0 Å². The number of fused-ring (bicyclic) bond motifs is 5. The zero-order chi connectivity index (χ0) is 17.7. The first-order chi connectivity index (χ1) is 11.9. The van der Waals surface area contributed by atoms with Crippen molar-refractivity contribution >= 4 is 6.29 Å². The van der Waals surface area contributed by atoms with E-state index in [0.717, 1.165) is 42.8 Å². The summed E-state index contributed by atoms with van der Waals surface area (Å²) in [5.74, 6) is 3.88. The molecule has 4 rings (SSSR count). The third kappa shape index (κ3) is 2.58. The number of hydrogen-bond donors (Lipinski definition) is 0. The number of hydrogen-bond acceptors (Lipinski definition) is 1. The Morgan fingerprint density at radius 3 is 2.48 bits per heavy atom. The zero-order valence-corrected chi connectivity index (χ0v) is 17.0. The Bertz CT molecular complexity index is 512. The van der Waals surface area contributed by atoms with Crippen LogP contribution in [0, 0.1) is 39.9 Å². The molecule has 0 N–H and O–H groups in total. The minimum absolute atomic E-state index is 0.586. The summed E-state index contributed by atoms with van der Waals surface area (Å²) >= 11 is 0. The summed E-state index contributed by atoms with van der Waals surface area (Å²) in [4.78, 5) is 10.7. The Balaban J connectivity index is 1.55. The third-order valence-corrected chi connectivity index (χ3v) is 10.4. The van der Waals surface area contributed by atoms with Gasteiger partial charge in [0.05, 0.1) is 0 Å². The fourth-order valence-corrected chi connectivity index (χ4v) is 8.64. The highest BCUT2D eigenvalue weighted by Crippen LogP contribution is 2.70. The lowest BCUT2D eigenvalue weighted by atomic mass is 9.40. The van der Waals surface area contributed by atoms with E-state index in [9.17, 15) is 4.79 Å². The minimum Gasteiger partial charge on any atom is -0.303 e. The van der Waals surface area contributed by atoms with Crippen molar-refractivity contribution in [2.45, 2.75) is 104 Å². The summed E-state index contributed by atoms with van der Waals surface area (Å²) in [6.45, 7) is 7.98. The summed E-state index contributed by atoms with van der Waals surface area (Å²) in [7, 11) is 0. The molecule has 7 atom stereocenters. The Hall–Kier alpha value is -0.330. The number of rotatable bonds is 4. The second-order valence-corrected chi connectivity index (χ2v) is 11.0. The summed E-state index contributed by atoms with van der Waals surface area (Å²) in [6.07, 6.45) is 19.2. The minimum atomic E-state index is 0.586. The standard InChI is InChI=1S/C24H40O/c1-22-13-5-6-14-24(22,3)21-12-16-23(2)18(8-4-7-17-25)9-10-20(23)19(21)11-15-22/h17-21H,4-16H2,1-3H3/t18?,19-,20?,21?,22-,23+,24+/m0/s1. The van der Waals surface area contributed by atoms with Crippen LogP contribution >= 0.6 is 0 Å². The van der Waals surface area contributed by atoms with Gasteiger partial charge < -0.3 is 4.79 Å². The average Bonchev–Trinajstić information content (AvgIpc) is 2.92. The van der Waals surface area contributed by atoms with Crippen LogP contribution in [0.3, 0.4) is 0 Å². The van der Waals surface area contributed by atoms with Crippen molar-refractivity contribution in [3.05, 3.63) is 0 Å². The highest BCUT2D eigenvalue weighted by molar-refractivity contribution is 5.48. The molecule has 25 heavy (non-hydrogen) atoms. The average molecular weight is 345 g/mol. The monoisotopic (exact) mass is 344 g/mol. The first-order valence-electron chi connectivity index (χ1n) is 11.4. The quantitative estimate of drug-likeness (QED) is 0.405. The maximum Gasteiger partial charge on any atom is 0.119 e. The molecule has 0 radical (unpaired) electrons. The summed E-state index contributed by atoms with van der Waals surface area (Å²) in [6, 6.07) is 0. The van der Waals surface area contributed by atoms with Crippen LogP contribution in [0.15, 0.2) is 0 Å². The van der Waals surface area contributed by atoms with E-state index in [1.54, 1.807) is 0 Å². The van der Waals surface area contributed by atoms with E-state index in [2.05, 4.69) is 20.8 Å². The number of carbonyl (C=O) groups is 1. The predicted molar refractivity (Wildman–Crippen MR) is 104 cm³/mol. The lowest BCUT2D eigenvalue weighted by Gasteiger charge is -2.64. The van der Waals surface area contributed by atoms with Gasteiger partial charge in [0.1, 0.15) is 6.29 Å². The molecule has 0 saturated heterocycles. The van der Waals surface area contributed by atoms with Crippen LogP contribution in [0.4, 0.5) is 0 Å². The van der Waals surface area contributed by atoms with E-state index in [0.29, 0.717) is 16.2 Å². The fraction of sp³-hybridized carbons (Fsp3) is 0.958. The molecule has 1 nitrogen and oxygen atoms in total. The molecule has 0 spiro atoms. The maximum absolute atomic E-state index is 10.7. The van der Waals surface area contributed by atoms with E-state index >= 15 is 0 Å². The van der Waals surface area contributed by atoms with Gasteiger partial charge in [-0.25, -0.2) is 0 Å². The SMILES string of the molecule is C[C@]12CCC3[C@@H](CC[C@]4(C)CCCC[C@]34C)C1CCC2CCCC=O. The molecule has 4 saturated carbocycles. The van der Waals surface area contributed by atoms with E-state index < -0.39 is 0 Å². The van der Waals surface area contributed by atoms with E-state index in [-0.39, 0.29) is 0 Å². The van der Waals surface area contributed by atoms with Crippen molar-refractivity contribution < 1.29 is 4.79 Å². The fourth-order valence-electron chi connectivity index (χ4n) is 8.64. The highest BCUT2D eigenvalue weighted by atomic mass is 16.1. The second kappa shape index (κ2) is 6.38. The van der Waals surface area contributed by atoms with Crippen molar-refractivity contribution in [3.63, 3.8) is 0 Å². The molecule has 0 heterocycles. The van der Waals surface area contributed by atoms with Crippen LogP contribution in [-0.2, 0) is 4.79 Å². The first kappa shape index (κ1) is 18.1. The molecule has 0 bridgehead atoms. The van der Waals surface area contributed by atoms with Gasteiger partial charge in [0, 0.05) is 6.42 Å². The molecule has 4 fully saturated rings. The molecule has 1 heteroatoms. The van der Waals surface area contributed by atoms with Gasteiger partial charge in [-0.2, -0.15) is 0 Å². The van der Waals surface area contributed by atoms with Gasteiger partial charge in [-0.1, -0.05) is 33.6 Å². The van der Waals surface area contributed by atoms with Gasteiger partial charge in [0.15, 0.2) is 0 Å². The molecule has 4 aliphatic rings. The van der Waals surface area contributed by atoms with Gasteiger partial charge in [-0.15, -0.1) is 0 Å². The summed E-state index contributed by atoms with van der Waals surface area (Å²) in [5.41, 5.74) is 1.83. The number of unbranched alkanes of at least 4 members (excludes halogenated alkanes) is 1. The molecule has 3 unspecified atom stereocenters. The van der Waals surface area contributed by atoms with Gasteiger partial charge in [-0.3, -0.25) is 0 Å². The van der Waals surface area contributed by atoms with Crippen LogP contribution in [0.2, 0.25) is 0 Å². The maximum atomic E-state index is 10.7. The third-order valence-electron chi connectivity index (χ3n) is 10.4. The van der Waals surface area contributed by atoms with Crippen LogP contribution in [0.1, 0.15) is 104 Å². The Kier molecular flexibility index (Phi) is 4.61. The van der Waals surface area contributed by atoms with Gasteiger partial charge in [0.2, 0.25) is 0 Å². The van der Waals surface area contributed by atoms with E-state index in [1.807, 2.05) is 0 Å². The van der Waals surface area contributed by atoms with Crippen LogP contribution in [0.5, 0.6) is 0 Å². The zero-order valence-electron chi connectivity index (χ0n) is 17.0. The molecule has 0 aromatic rings. The molecule has 0 aromatic heterocycles. The van der Waals surface area contributed by atoms with E-state index in [1.165, 1.54) is 70.6 Å². The highest BCUT2D eigenvalue weighted by Gasteiger charge is 2.62. The lowest BCUT2D eigenvalue weighted by molar-refractivity contribution is -0.152. The molecule has 142 valence electrons. The Morgan fingerprint density at radius 1 is 0.880 bits per heavy atom. The van der Waals surface area contributed by atoms with Crippen molar-refractivity contribution in [2.75, 3.05) is 0 Å². The number of carbonyl (C=O) groups excluding carboxylic acids is 1. The smallest absolute Gasteiger partial charge is 0.119 e.